The van der Waals surface area contributed by atoms with Crippen molar-refractivity contribution in [3.05, 3.63) is 0 Å². The van der Waals surface area contributed by atoms with Gasteiger partial charge in [0, 0.05) is 25.9 Å². The molecule has 0 aromatic rings. The summed E-state index contributed by atoms with van der Waals surface area (Å²) in [6, 6.07) is 0. The van der Waals surface area contributed by atoms with Gasteiger partial charge in [0.15, 0.2) is 0 Å². The molecule has 0 saturated carbocycles. The highest BCUT2D eigenvalue weighted by atomic mass is 16.1. The predicted molar refractivity (Wildman–Crippen MR) is 50.1 cm³/mol. The number of rotatable bonds is 2. The summed E-state index contributed by atoms with van der Waals surface area (Å²) in [5.74, 6) is 1.17. The first-order chi connectivity index (χ1) is 5.68. The molecule has 2 nitrogen and oxygen atoms in total. The van der Waals surface area contributed by atoms with Gasteiger partial charge in [-0.1, -0.05) is 13.8 Å². The molecule has 0 N–H and O–H groups in total. The van der Waals surface area contributed by atoms with E-state index in [0.717, 1.165) is 44.8 Å². The minimum Gasteiger partial charge on any atom is -0.303 e. The number of Topliss-reactive ketones (excluding diaryl/α,β-unsaturated/α-hetero) is 1. The van der Waals surface area contributed by atoms with Gasteiger partial charge in [-0.15, -0.1) is 0 Å². The van der Waals surface area contributed by atoms with E-state index in [1.54, 1.807) is 0 Å². The molecule has 0 aliphatic carbocycles. The molecule has 0 radical (unpaired) electrons. The van der Waals surface area contributed by atoms with Crippen molar-refractivity contribution in [2.75, 3.05) is 19.6 Å². The van der Waals surface area contributed by atoms with Crippen molar-refractivity contribution < 1.29 is 4.79 Å². The van der Waals surface area contributed by atoms with Crippen LogP contribution in [-0.2, 0) is 4.79 Å². The van der Waals surface area contributed by atoms with Crippen LogP contribution in [0.2, 0.25) is 0 Å². The number of carbonyl (C=O) groups is 1. The van der Waals surface area contributed by atoms with Crippen LogP contribution >= 0.6 is 0 Å². The molecule has 0 unspecified atom stereocenters. The molecule has 2 heteroatoms. The highest BCUT2D eigenvalue weighted by Crippen LogP contribution is 2.08. The third kappa shape index (κ3) is 3.35. The Bertz CT molecular complexity index is 154. The Hall–Kier alpha value is -0.370. The Balaban J connectivity index is 2.30. The first-order valence-electron chi connectivity index (χ1n) is 4.92. The number of nitrogens with zero attached hydrogens (tertiary/aromatic N) is 1. The van der Waals surface area contributed by atoms with E-state index in [0.29, 0.717) is 5.78 Å². The fourth-order valence-electron chi connectivity index (χ4n) is 1.72. The first kappa shape index (κ1) is 9.72. The number of likely N-dealkylation sites (tertiary alicyclic amines) is 1. The second-order valence-electron chi connectivity index (χ2n) is 4.09. The Morgan fingerprint density at radius 1 is 1.33 bits per heavy atom. The van der Waals surface area contributed by atoms with Crippen LogP contribution in [0.25, 0.3) is 0 Å². The molecule has 1 rings (SSSR count). The molecule has 0 amide bonds. The Morgan fingerprint density at radius 2 is 2.08 bits per heavy atom. The summed E-state index contributed by atoms with van der Waals surface area (Å²) >= 11 is 0. The second kappa shape index (κ2) is 4.61. The fourth-order valence-corrected chi connectivity index (χ4v) is 1.72. The SMILES string of the molecule is CC(C)CN1CCCC(=O)CC1. The molecule has 12 heavy (non-hydrogen) atoms. The van der Waals surface area contributed by atoms with Crippen LogP contribution in [0.4, 0.5) is 0 Å². The number of carbonyl (C=O) groups excluding carboxylic acids is 1. The maximum absolute atomic E-state index is 11.1. The van der Waals surface area contributed by atoms with E-state index in [9.17, 15) is 4.79 Å². The van der Waals surface area contributed by atoms with E-state index in [-0.39, 0.29) is 0 Å². The summed E-state index contributed by atoms with van der Waals surface area (Å²) in [5.41, 5.74) is 0. The standard InChI is InChI=1S/C10H19NO/c1-9(2)8-11-6-3-4-10(12)5-7-11/h9H,3-8H2,1-2H3. The predicted octanol–water partition coefficient (Wildman–Crippen LogP) is 1.70. The molecule has 1 aliphatic heterocycles. The summed E-state index contributed by atoms with van der Waals surface area (Å²) in [6.07, 6.45) is 2.63. The molecular formula is C10H19NO. The third-order valence-corrected chi connectivity index (χ3v) is 2.26. The third-order valence-electron chi connectivity index (χ3n) is 2.26. The van der Waals surface area contributed by atoms with Crippen LogP contribution in [0, 0.1) is 5.92 Å². The van der Waals surface area contributed by atoms with E-state index in [1.165, 1.54) is 0 Å². The molecule has 1 aliphatic rings. The zero-order chi connectivity index (χ0) is 8.97. The Kier molecular flexibility index (Phi) is 3.73. The first-order valence-corrected chi connectivity index (χ1v) is 4.92. The van der Waals surface area contributed by atoms with Crippen molar-refractivity contribution in [1.82, 2.24) is 4.90 Å². The molecule has 1 heterocycles. The minimum atomic E-state index is 0.446. The number of hydrogen-bond donors (Lipinski definition) is 0. The lowest BCUT2D eigenvalue weighted by Crippen LogP contribution is -2.28. The summed E-state index contributed by atoms with van der Waals surface area (Å²) in [6.45, 7) is 7.70. The van der Waals surface area contributed by atoms with Gasteiger partial charge >= 0.3 is 0 Å². The molecule has 0 aromatic carbocycles. The van der Waals surface area contributed by atoms with Crippen molar-refractivity contribution in [2.24, 2.45) is 5.92 Å². The fraction of sp³-hybridized carbons (Fsp3) is 0.900. The Morgan fingerprint density at radius 3 is 2.75 bits per heavy atom. The van der Waals surface area contributed by atoms with Crippen molar-refractivity contribution in [3.8, 4) is 0 Å². The van der Waals surface area contributed by atoms with Gasteiger partial charge in [0.05, 0.1) is 0 Å². The van der Waals surface area contributed by atoms with Crippen molar-refractivity contribution in [3.63, 3.8) is 0 Å². The van der Waals surface area contributed by atoms with Gasteiger partial charge in [-0.3, -0.25) is 4.79 Å². The average Bonchev–Trinajstić information content (AvgIpc) is 2.15. The van der Waals surface area contributed by atoms with Gasteiger partial charge in [0.25, 0.3) is 0 Å². The van der Waals surface area contributed by atoms with Gasteiger partial charge in [-0.2, -0.15) is 0 Å². The van der Waals surface area contributed by atoms with E-state index < -0.39 is 0 Å². The van der Waals surface area contributed by atoms with Crippen molar-refractivity contribution in [2.45, 2.75) is 33.1 Å². The quantitative estimate of drug-likeness (QED) is 0.627. The van der Waals surface area contributed by atoms with Crippen LogP contribution in [-0.4, -0.2) is 30.3 Å². The molecule has 1 saturated heterocycles. The molecule has 70 valence electrons. The molecule has 0 aromatic heterocycles. The lowest BCUT2D eigenvalue weighted by Gasteiger charge is -2.21. The molecule has 0 atom stereocenters. The van der Waals surface area contributed by atoms with Gasteiger partial charge < -0.3 is 4.90 Å². The van der Waals surface area contributed by atoms with E-state index in [4.69, 9.17) is 0 Å². The maximum atomic E-state index is 11.1. The van der Waals surface area contributed by atoms with E-state index in [2.05, 4.69) is 18.7 Å². The number of hydrogen-bond acceptors (Lipinski definition) is 2. The van der Waals surface area contributed by atoms with E-state index >= 15 is 0 Å². The molecule has 1 fully saturated rings. The molecular weight excluding hydrogens is 150 g/mol. The zero-order valence-corrected chi connectivity index (χ0v) is 8.18. The lowest BCUT2D eigenvalue weighted by atomic mass is 10.2. The van der Waals surface area contributed by atoms with Crippen molar-refractivity contribution in [1.29, 1.82) is 0 Å². The van der Waals surface area contributed by atoms with Crippen LogP contribution in [0.15, 0.2) is 0 Å². The average molecular weight is 169 g/mol. The maximum Gasteiger partial charge on any atom is 0.134 e. The number of ketones is 1. The summed E-state index contributed by atoms with van der Waals surface area (Å²) < 4.78 is 0. The van der Waals surface area contributed by atoms with Gasteiger partial charge in [-0.05, 0) is 18.9 Å². The van der Waals surface area contributed by atoms with Gasteiger partial charge in [0.2, 0.25) is 0 Å². The largest absolute Gasteiger partial charge is 0.303 e. The zero-order valence-electron chi connectivity index (χ0n) is 8.18. The minimum absolute atomic E-state index is 0.446. The second-order valence-corrected chi connectivity index (χ2v) is 4.09. The lowest BCUT2D eigenvalue weighted by molar-refractivity contribution is -0.118. The van der Waals surface area contributed by atoms with Crippen LogP contribution in [0.3, 0.4) is 0 Å². The van der Waals surface area contributed by atoms with Crippen LogP contribution < -0.4 is 0 Å². The van der Waals surface area contributed by atoms with Crippen molar-refractivity contribution >= 4 is 5.78 Å². The summed E-state index contributed by atoms with van der Waals surface area (Å²) in [4.78, 5) is 13.5. The monoisotopic (exact) mass is 169 g/mol. The van der Waals surface area contributed by atoms with Gasteiger partial charge in [-0.25, -0.2) is 0 Å². The van der Waals surface area contributed by atoms with Gasteiger partial charge in [0.1, 0.15) is 5.78 Å². The molecule has 0 bridgehead atoms. The Labute approximate surface area is 74.9 Å². The summed E-state index contributed by atoms with van der Waals surface area (Å²) in [5, 5.41) is 0. The smallest absolute Gasteiger partial charge is 0.134 e. The normalized spacial score (nSPS) is 21.4. The topological polar surface area (TPSA) is 20.3 Å². The van der Waals surface area contributed by atoms with Crippen LogP contribution in [0.1, 0.15) is 33.1 Å². The molecule has 0 spiro atoms. The highest BCUT2D eigenvalue weighted by molar-refractivity contribution is 5.78. The summed E-state index contributed by atoms with van der Waals surface area (Å²) in [7, 11) is 0. The van der Waals surface area contributed by atoms with Crippen LogP contribution in [0.5, 0.6) is 0 Å². The van der Waals surface area contributed by atoms with E-state index in [1.807, 2.05) is 0 Å². The highest BCUT2D eigenvalue weighted by Gasteiger charge is 2.14.